The number of halogens is 1. The predicted molar refractivity (Wildman–Crippen MR) is 156 cm³/mol. The lowest BCUT2D eigenvalue weighted by molar-refractivity contribution is -0.121. The summed E-state index contributed by atoms with van der Waals surface area (Å²) in [6, 6.07) is 14.7. The molecule has 0 bridgehead atoms. The number of hydrogen-bond donors (Lipinski definition) is 0. The maximum atomic E-state index is 15.1. The highest BCUT2D eigenvalue weighted by molar-refractivity contribution is 5.79. The van der Waals surface area contributed by atoms with E-state index in [9.17, 15) is 4.79 Å². The molecule has 41 heavy (non-hydrogen) atoms. The number of benzene rings is 2. The van der Waals surface area contributed by atoms with Crippen LogP contribution in [0.25, 0.3) is 11.1 Å². The molecule has 2 aliphatic heterocycles. The van der Waals surface area contributed by atoms with E-state index >= 15 is 4.39 Å². The first-order valence-corrected chi connectivity index (χ1v) is 15.2. The molecule has 0 radical (unpaired) electrons. The molecule has 7 rings (SSSR count). The van der Waals surface area contributed by atoms with Gasteiger partial charge in [-0.25, -0.2) is 9.37 Å². The van der Waals surface area contributed by atoms with Gasteiger partial charge in [-0.3, -0.25) is 9.69 Å². The highest BCUT2D eigenvalue weighted by Crippen LogP contribution is 2.49. The molecule has 3 aromatic rings. The highest BCUT2D eigenvalue weighted by atomic mass is 19.1. The van der Waals surface area contributed by atoms with Crippen molar-refractivity contribution in [1.82, 2.24) is 9.88 Å². The molecule has 214 valence electrons. The second-order valence-corrected chi connectivity index (χ2v) is 12.8. The van der Waals surface area contributed by atoms with Crippen LogP contribution in [0, 0.1) is 29.5 Å². The standard InChI is InChI=1S/C35H39FN2O3/c1-20(21(2)39)35(23-5-6-23)25-7-4-22-9-11-32(41-33(22)14-25)24-8-10-29(30-15-34(40-3)37-16-31(30)36)28(12-24)19-38-17-26-13-27(26)18-38/h4,7-8,10,12,14-16,20,23,26-27,32,35H,5-6,9,11,13,17-19H2,1-3H3/t20-,26?,27?,32?,35+/m1/s1. The number of methoxy groups -OCH3 is 1. The fourth-order valence-electron chi connectivity index (χ4n) is 7.32. The predicted octanol–water partition coefficient (Wildman–Crippen LogP) is 7.13. The minimum absolute atomic E-state index is 0.0128. The molecule has 2 saturated carbocycles. The lowest BCUT2D eigenvalue weighted by Gasteiger charge is -2.30. The number of carbonyl (C=O) groups excluding carboxylic acids is 1. The van der Waals surface area contributed by atoms with Crippen molar-refractivity contribution in [3.63, 3.8) is 0 Å². The summed E-state index contributed by atoms with van der Waals surface area (Å²) in [6.45, 7) is 6.81. The number of hydrogen-bond acceptors (Lipinski definition) is 5. The largest absolute Gasteiger partial charge is 0.485 e. The fourth-order valence-corrected chi connectivity index (χ4v) is 7.32. The second-order valence-electron chi connectivity index (χ2n) is 12.8. The van der Waals surface area contributed by atoms with E-state index in [-0.39, 0.29) is 29.5 Å². The number of ketones is 1. The summed E-state index contributed by atoms with van der Waals surface area (Å²) in [7, 11) is 1.56. The summed E-state index contributed by atoms with van der Waals surface area (Å²) in [5, 5.41) is 0. The zero-order valence-electron chi connectivity index (χ0n) is 24.2. The van der Waals surface area contributed by atoms with Gasteiger partial charge in [-0.15, -0.1) is 0 Å². The van der Waals surface area contributed by atoms with Gasteiger partial charge in [0.15, 0.2) is 0 Å². The molecular formula is C35H39FN2O3. The van der Waals surface area contributed by atoms with Crippen LogP contribution >= 0.6 is 0 Å². The average Bonchev–Trinajstić information content (AvgIpc) is 3.91. The van der Waals surface area contributed by atoms with Gasteiger partial charge in [0, 0.05) is 37.2 Å². The van der Waals surface area contributed by atoms with Gasteiger partial charge in [0.1, 0.15) is 23.5 Å². The number of piperidine rings is 1. The molecule has 5 nitrogen and oxygen atoms in total. The first-order chi connectivity index (χ1) is 19.9. The van der Waals surface area contributed by atoms with E-state index in [1.807, 2.05) is 6.07 Å². The molecule has 1 saturated heterocycles. The second kappa shape index (κ2) is 10.5. The topological polar surface area (TPSA) is 51.7 Å². The monoisotopic (exact) mass is 554 g/mol. The summed E-state index contributed by atoms with van der Waals surface area (Å²) in [6.07, 6.45) is 6.76. The third-order valence-corrected chi connectivity index (χ3v) is 10.0. The summed E-state index contributed by atoms with van der Waals surface area (Å²) >= 11 is 0. The summed E-state index contributed by atoms with van der Waals surface area (Å²) < 4.78 is 27.1. The van der Waals surface area contributed by atoms with E-state index in [1.54, 1.807) is 20.1 Å². The number of pyridine rings is 1. The van der Waals surface area contributed by atoms with E-state index < -0.39 is 0 Å². The maximum Gasteiger partial charge on any atom is 0.213 e. The van der Waals surface area contributed by atoms with E-state index in [2.05, 4.69) is 47.1 Å². The summed E-state index contributed by atoms with van der Waals surface area (Å²) in [4.78, 5) is 18.9. The lowest BCUT2D eigenvalue weighted by atomic mass is 9.80. The van der Waals surface area contributed by atoms with E-state index in [4.69, 9.17) is 9.47 Å². The van der Waals surface area contributed by atoms with Gasteiger partial charge >= 0.3 is 0 Å². The number of nitrogens with zero attached hydrogens (tertiary/aromatic N) is 2. The Morgan fingerprint density at radius 3 is 2.63 bits per heavy atom. The molecule has 4 aliphatic rings. The van der Waals surface area contributed by atoms with Gasteiger partial charge in [-0.05, 0) is 96.6 Å². The van der Waals surface area contributed by atoms with E-state index in [0.717, 1.165) is 66.8 Å². The van der Waals surface area contributed by atoms with Crippen molar-refractivity contribution in [3.05, 3.63) is 76.7 Å². The molecular weight excluding hydrogens is 515 g/mol. The zero-order chi connectivity index (χ0) is 28.2. The van der Waals surface area contributed by atoms with Crippen molar-refractivity contribution in [2.75, 3.05) is 20.2 Å². The van der Waals surface area contributed by atoms with Gasteiger partial charge in [0.25, 0.3) is 0 Å². The highest BCUT2D eigenvalue weighted by Gasteiger charge is 2.45. The number of carbonyl (C=O) groups is 1. The normalized spacial score (nSPS) is 24.6. The Morgan fingerprint density at radius 2 is 1.90 bits per heavy atom. The van der Waals surface area contributed by atoms with Crippen LogP contribution in [-0.2, 0) is 17.8 Å². The Balaban J connectivity index is 1.19. The first-order valence-electron chi connectivity index (χ1n) is 15.2. The van der Waals surface area contributed by atoms with Crippen LogP contribution in [0.5, 0.6) is 11.6 Å². The Labute approximate surface area is 242 Å². The van der Waals surface area contributed by atoms with Crippen LogP contribution in [0.3, 0.4) is 0 Å². The smallest absolute Gasteiger partial charge is 0.213 e. The Morgan fingerprint density at radius 1 is 1.10 bits per heavy atom. The number of fused-ring (bicyclic) bond motifs is 2. The maximum absolute atomic E-state index is 15.1. The van der Waals surface area contributed by atoms with Crippen molar-refractivity contribution in [2.45, 2.75) is 64.5 Å². The molecule has 5 atom stereocenters. The molecule has 2 aliphatic carbocycles. The first kappa shape index (κ1) is 26.6. The third-order valence-electron chi connectivity index (χ3n) is 10.0. The van der Waals surface area contributed by atoms with Crippen LogP contribution < -0.4 is 9.47 Å². The van der Waals surface area contributed by atoms with Crippen LogP contribution in [-0.4, -0.2) is 35.9 Å². The quantitative estimate of drug-likeness (QED) is 0.282. The van der Waals surface area contributed by atoms with Crippen LogP contribution in [0.2, 0.25) is 0 Å². The van der Waals surface area contributed by atoms with Crippen molar-refractivity contribution < 1.29 is 18.7 Å². The number of rotatable bonds is 9. The van der Waals surface area contributed by atoms with Gasteiger partial charge in [-0.2, -0.15) is 0 Å². The van der Waals surface area contributed by atoms with E-state index in [0.29, 0.717) is 17.4 Å². The number of ether oxygens (including phenoxy) is 2. The summed E-state index contributed by atoms with van der Waals surface area (Å²) in [5.41, 5.74) is 6.10. The molecule has 2 aromatic carbocycles. The average molecular weight is 555 g/mol. The molecule has 3 fully saturated rings. The van der Waals surface area contributed by atoms with Crippen molar-refractivity contribution in [2.24, 2.45) is 23.7 Å². The number of aryl methyl sites for hydroxylation is 1. The number of likely N-dealkylation sites (tertiary alicyclic amines) is 1. The molecule has 1 aromatic heterocycles. The Hall–Kier alpha value is -3.25. The SMILES string of the molecule is COc1cc(-c2ccc(C3CCc4ccc([C@H](C5CC5)[C@H](C)C(C)=O)cc4O3)cc2CN2CC3CC3C2)c(F)cn1. The van der Waals surface area contributed by atoms with Gasteiger partial charge in [0.2, 0.25) is 5.88 Å². The molecule has 0 amide bonds. The van der Waals surface area contributed by atoms with Crippen LogP contribution in [0.15, 0.2) is 48.7 Å². The minimum atomic E-state index is -0.343. The van der Waals surface area contributed by atoms with Crippen molar-refractivity contribution in [1.29, 1.82) is 0 Å². The minimum Gasteiger partial charge on any atom is -0.485 e. The van der Waals surface area contributed by atoms with Crippen molar-refractivity contribution in [3.8, 4) is 22.8 Å². The lowest BCUT2D eigenvalue weighted by Crippen LogP contribution is -2.23. The molecule has 3 heterocycles. The number of aromatic nitrogens is 1. The molecule has 3 unspecified atom stereocenters. The van der Waals surface area contributed by atoms with Gasteiger partial charge < -0.3 is 9.47 Å². The van der Waals surface area contributed by atoms with Gasteiger partial charge in [-0.1, -0.05) is 37.3 Å². The third kappa shape index (κ3) is 5.27. The molecule has 0 spiro atoms. The van der Waals surface area contributed by atoms with Crippen LogP contribution in [0.1, 0.15) is 73.8 Å². The Bertz CT molecular complexity index is 1470. The van der Waals surface area contributed by atoms with E-state index in [1.165, 1.54) is 36.6 Å². The summed E-state index contributed by atoms with van der Waals surface area (Å²) in [5.74, 6) is 3.78. The van der Waals surface area contributed by atoms with Crippen molar-refractivity contribution >= 4 is 5.78 Å². The molecule has 0 N–H and O–H groups in total. The Kier molecular flexibility index (Phi) is 6.85. The zero-order valence-corrected chi connectivity index (χ0v) is 24.2. The molecule has 6 heteroatoms. The van der Waals surface area contributed by atoms with Gasteiger partial charge in [0.05, 0.1) is 13.3 Å². The number of Topliss-reactive ketones (excluding diaryl/α,β-unsaturated/α-hetero) is 1. The fraction of sp³-hybridized carbons (Fsp3) is 0.486. The van der Waals surface area contributed by atoms with Crippen LogP contribution in [0.4, 0.5) is 4.39 Å².